The fourth-order valence-corrected chi connectivity index (χ4v) is 2.65. The smallest absolute Gasteiger partial charge is 0.0745 e. The monoisotopic (exact) mass is 285 g/mol. The minimum atomic E-state index is 0.178. The quantitative estimate of drug-likeness (QED) is 0.930. The van der Waals surface area contributed by atoms with Crippen LogP contribution in [0.3, 0.4) is 0 Å². The number of hydrogen-bond donors (Lipinski definition) is 1. The van der Waals surface area contributed by atoms with E-state index in [-0.39, 0.29) is 11.5 Å². The van der Waals surface area contributed by atoms with Crippen LogP contribution in [0, 0.1) is 0 Å². The molecule has 0 spiro atoms. The largest absolute Gasteiger partial charge is 0.308 e. The van der Waals surface area contributed by atoms with E-state index in [2.05, 4.69) is 68.4 Å². The highest BCUT2D eigenvalue weighted by Crippen LogP contribution is 2.26. The fourth-order valence-electron chi connectivity index (χ4n) is 2.65. The van der Waals surface area contributed by atoms with Crippen molar-refractivity contribution in [2.24, 2.45) is 7.05 Å². The molecule has 0 amide bonds. The van der Waals surface area contributed by atoms with E-state index in [0.29, 0.717) is 0 Å². The molecule has 1 atom stereocenters. The number of hydrogen-bond acceptors (Lipinski definition) is 2. The number of nitrogens with one attached hydrogen (secondary N) is 1. The van der Waals surface area contributed by atoms with E-state index < -0.39 is 0 Å². The van der Waals surface area contributed by atoms with Crippen LogP contribution >= 0.6 is 0 Å². The van der Waals surface area contributed by atoms with Crippen LogP contribution in [-0.2, 0) is 18.9 Å². The molecule has 114 valence electrons. The van der Waals surface area contributed by atoms with Gasteiger partial charge < -0.3 is 5.32 Å². The minimum absolute atomic E-state index is 0.178. The third-order valence-corrected chi connectivity index (χ3v) is 4.02. The molecular weight excluding hydrogens is 258 g/mol. The van der Waals surface area contributed by atoms with E-state index in [4.69, 9.17) is 0 Å². The van der Waals surface area contributed by atoms with Gasteiger partial charge in [-0.25, -0.2) is 0 Å². The Kier molecular flexibility index (Phi) is 4.52. The molecule has 0 fully saturated rings. The van der Waals surface area contributed by atoms with Gasteiger partial charge in [-0.15, -0.1) is 0 Å². The van der Waals surface area contributed by atoms with E-state index in [9.17, 15) is 0 Å². The Balaban J connectivity index is 2.35. The highest BCUT2D eigenvalue weighted by Gasteiger charge is 2.18. The van der Waals surface area contributed by atoms with Gasteiger partial charge in [-0.05, 0) is 36.1 Å². The zero-order valence-electron chi connectivity index (χ0n) is 14.1. The van der Waals surface area contributed by atoms with Crippen LogP contribution in [0.2, 0.25) is 0 Å². The van der Waals surface area contributed by atoms with Crippen LogP contribution in [0.1, 0.15) is 56.3 Å². The van der Waals surface area contributed by atoms with Gasteiger partial charge in [-0.3, -0.25) is 4.68 Å². The van der Waals surface area contributed by atoms with Gasteiger partial charge >= 0.3 is 0 Å². The van der Waals surface area contributed by atoms with Crippen molar-refractivity contribution in [1.29, 1.82) is 0 Å². The Labute approximate surface area is 128 Å². The zero-order valence-corrected chi connectivity index (χ0v) is 14.1. The molecule has 1 heterocycles. The van der Waals surface area contributed by atoms with Crippen LogP contribution in [-0.4, -0.2) is 16.8 Å². The van der Waals surface area contributed by atoms with Gasteiger partial charge in [0.25, 0.3) is 0 Å². The molecule has 0 bridgehead atoms. The van der Waals surface area contributed by atoms with E-state index in [1.165, 1.54) is 16.8 Å². The maximum atomic E-state index is 4.56. The van der Waals surface area contributed by atoms with Crippen molar-refractivity contribution < 1.29 is 0 Å². The summed E-state index contributed by atoms with van der Waals surface area (Å²) in [4.78, 5) is 0. The standard InChI is InChI=1S/C18H27N3/c1-7-15-12-16(21(6)20-15)17(19-5)13-8-10-14(11-9-13)18(2,3)4/h8-12,17,19H,7H2,1-6H3. The van der Waals surface area contributed by atoms with E-state index >= 15 is 0 Å². The third kappa shape index (κ3) is 3.35. The average Bonchev–Trinajstić information content (AvgIpc) is 2.81. The van der Waals surface area contributed by atoms with Gasteiger partial charge in [-0.1, -0.05) is 52.0 Å². The number of rotatable bonds is 4. The molecule has 1 aromatic heterocycles. The van der Waals surface area contributed by atoms with Crippen molar-refractivity contribution in [2.45, 2.75) is 45.6 Å². The van der Waals surface area contributed by atoms with Crippen molar-refractivity contribution in [3.8, 4) is 0 Å². The number of aromatic nitrogens is 2. The average molecular weight is 285 g/mol. The summed E-state index contributed by atoms with van der Waals surface area (Å²) in [6.45, 7) is 8.86. The SMILES string of the molecule is CCc1cc(C(NC)c2ccc(C(C)(C)C)cc2)n(C)n1. The number of nitrogens with zero attached hydrogens (tertiary/aromatic N) is 2. The molecule has 1 aromatic carbocycles. The van der Waals surface area contributed by atoms with Crippen LogP contribution in [0.25, 0.3) is 0 Å². The lowest BCUT2D eigenvalue weighted by atomic mass is 9.86. The second-order valence-corrected chi connectivity index (χ2v) is 6.63. The lowest BCUT2D eigenvalue weighted by molar-refractivity contribution is 0.585. The second kappa shape index (κ2) is 6.02. The summed E-state index contributed by atoms with van der Waals surface area (Å²) >= 11 is 0. The molecule has 0 aliphatic heterocycles. The van der Waals surface area contributed by atoms with Crippen LogP contribution in [0.4, 0.5) is 0 Å². The summed E-state index contributed by atoms with van der Waals surface area (Å²) in [6, 6.07) is 11.3. The van der Waals surface area contributed by atoms with Crippen molar-refractivity contribution in [3.05, 3.63) is 52.8 Å². The van der Waals surface area contributed by atoms with Gasteiger partial charge in [0.15, 0.2) is 0 Å². The predicted molar refractivity (Wildman–Crippen MR) is 88.6 cm³/mol. The summed E-state index contributed by atoms with van der Waals surface area (Å²) in [5.74, 6) is 0. The lowest BCUT2D eigenvalue weighted by Crippen LogP contribution is -2.21. The second-order valence-electron chi connectivity index (χ2n) is 6.63. The summed E-state index contributed by atoms with van der Waals surface area (Å²) in [6.07, 6.45) is 0.966. The Morgan fingerprint density at radius 2 is 1.81 bits per heavy atom. The molecule has 0 saturated carbocycles. The normalized spacial score (nSPS) is 13.4. The summed E-state index contributed by atoms with van der Waals surface area (Å²) in [5, 5.41) is 7.97. The van der Waals surface area contributed by atoms with Crippen LogP contribution < -0.4 is 5.32 Å². The number of aryl methyl sites for hydroxylation is 2. The Morgan fingerprint density at radius 1 is 1.19 bits per heavy atom. The molecule has 1 unspecified atom stereocenters. The van der Waals surface area contributed by atoms with E-state index in [1.54, 1.807) is 0 Å². The van der Waals surface area contributed by atoms with E-state index in [1.807, 2.05) is 18.8 Å². The summed E-state index contributed by atoms with van der Waals surface area (Å²) in [7, 11) is 4.02. The Morgan fingerprint density at radius 3 is 2.24 bits per heavy atom. The molecular formula is C18H27N3. The van der Waals surface area contributed by atoms with Gasteiger partial charge in [0, 0.05) is 7.05 Å². The van der Waals surface area contributed by atoms with E-state index in [0.717, 1.165) is 12.1 Å². The van der Waals surface area contributed by atoms with Gasteiger partial charge in [0.2, 0.25) is 0 Å². The third-order valence-electron chi connectivity index (χ3n) is 4.02. The van der Waals surface area contributed by atoms with Crippen molar-refractivity contribution >= 4 is 0 Å². The first-order valence-electron chi connectivity index (χ1n) is 7.67. The van der Waals surface area contributed by atoms with Crippen molar-refractivity contribution in [2.75, 3.05) is 7.05 Å². The minimum Gasteiger partial charge on any atom is -0.308 e. The molecule has 1 N–H and O–H groups in total. The molecule has 0 radical (unpaired) electrons. The topological polar surface area (TPSA) is 29.9 Å². The first kappa shape index (κ1) is 15.8. The molecule has 2 aromatic rings. The van der Waals surface area contributed by atoms with Gasteiger partial charge in [-0.2, -0.15) is 5.10 Å². The molecule has 3 nitrogen and oxygen atoms in total. The lowest BCUT2D eigenvalue weighted by Gasteiger charge is -2.21. The molecule has 0 saturated heterocycles. The predicted octanol–water partition coefficient (Wildman–Crippen LogP) is 3.59. The molecule has 0 aliphatic carbocycles. The van der Waals surface area contributed by atoms with Gasteiger partial charge in [0.1, 0.15) is 0 Å². The fraction of sp³-hybridized carbons (Fsp3) is 0.500. The summed E-state index contributed by atoms with van der Waals surface area (Å²) < 4.78 is 1.98. The molecule has 21 heavy (non-hydrogen) atoms. The molecule has 0 aliphatic rings. The maximum Gasteiger partial charge on any atom is 0.0745 e. The first-order chi connectivity index (χ1) is 9.86. The first-order valence-corrected chi connectivity index (χ1v) is 7.67. The molecule has 3 heteroatoms. The highest BCUT2D eigenvalue weighted by atomic mass is 15.3. The Bertz CT molecular complexity index is 588. The maximum absolute atomic E-state index is 4.56. The zero-order chi connectivity index (χ0) is 15.6. The van der Waals surface area contributed by atoms with Crippen molar-refractivity contribution in [1.82, 2.24) is 15.1 Å². The Hall–Kier alpha value is -1.61. The van der Waals surface area contributed by atoms with Crippen LogP contribution in [0.15, 0.2) is 30.3 Å². The number of benzene rings is 1. The molecule has 2 rings (SSSR count). The highest BCUT2D eigenvalue weighted by molar-refractivity contribution is 5.33. The summed E-state index contributed by atoms with van der Waals surface area (Å²) in [5.41, 5.74) is 5.17. The van der Waals surface area contributed by atoms with Crippen molar-refractivity contribution in [3.63, 3.8) is 0 Å². The van der Waals surface area contributed by atoms with Gasteiger partial charge in [0.05, 0.1) is 17.4 Å². The van der Waals surface area contributed by atoms with Crippen LogP contribution in [0.5, 0.6) is 0 Å².